The summed E-state index contributed by atoms with van der Waals surface area (Å²) in [5.41, 5.74) is 3.55. The summed E-state index contributed by atoms with van der Waals surface area (Å²) in [6.45, 7) is 0. The maximum atomic E-state index is 11.5. The SMILES string of the molecule is Cn1nc2cc(Oc3cccc(Cl)c3)ccc2c1-c1cc2nccc(C(=O)O)c2[nH]1. The second-order valence-corrected chi connectivity index (χ2v) is 7.25. The number of carboxylic acids is 1. The maximum absolute atomic E-state index is 11.5. The average molecular weight is 419 g/mol. The van der Waals surface area contributed by atoms with Crippen LogP contribution >= 0.6 is 11.6 Å². The number of aryl methyl sites for hydroxylation is 1. The minimum Gasteiger partial charge on any atom is -0.478 e. The van der Waals surface area contributed by atoms with Gasteiger partial charge in [-0.05, 0) is 42.5 Å². The zero-order valence-corrected chi connectivity index (χ0v) is 16.5. The molecule has 30 heavy (non-hydrogen) atoms. The van der Waals surface area contributed by atoms with Gasteiger partial charge >= 0.3 is 5.97 Å². The fourth-order valence-corrected chi connectivity index (χ4v) is 3.74. The lowest BCUT2D eigenvalue weighted by Crippen LogP contribution is -1.98. The molecule has 0 bridgehead atoms. The number of H-pyrrole nitrogens is 1. The normalized spacial score (nSPS) is 11.3. The van der Waals surface area contributed by atoms with Crippen LogP contribution in [0, 0.1) is 0 Å². The number of pyridine rings is 1. The third-order valence-electron chi connectivity index (χ3n) is 4.84. The Morgan fingerprint density at radius 3 is 2.73 bits per heavy atom. The first-order chi connectivity index (χ1) is 14.5. The van der Waals surface area contributed by atoms with Crippen molar-refractivity contribution in [3.05, 3.63) is 71.4 Å². The zero-order valence-electron chi connectivity index (χ0n) is 15.8. The van der Waals surface area contributed by atoms with Crippen LogP contribution in [-0.4, -0.2) is 30.8 Å². The Labute approximate surface area is 175 Å². The lowest BCUT2D eigenvalue weighted by atomic mass is 10.1. The highest BCUT2D eigenvalue weighted by Crippen LogP contribution is 2.33. The molecule has 2 aromatic carbocycles. The van der Waals surface area contributed by atoms with Crippen LogP contribution in [0.25, 0.3) is 33.3 Å². The number of nitrogens with zero attached hydrogens (tertiary/aromatic N) is 3. The Morgan fingerprint density at radius 2 is 1.93 bits per heavy atom. The summed E-state index contributed by atoms with van der Waals surface area (Å²) in [7, 11) is 1.84. The first-order valence-corrected chi connectivity index (χ1v) is 9.49. The number of hydrogen-bond acceptors (Lipinski definition) is 4. The van der Waals surface area contributed by atoms with E-state index in [1.807, 2.05) is 43.4 Å². The van der Waals surface area contributed by atoms with Gasteiger partial charge in [-0.15, -0.1) is 0 Å². The van der Waals surface area contributed by atoms with Gasteiger partial charge < -0.3 is 14.8 Å². The third kappa shape index (κ3) is 3.05. The largest absolute Gasteiger partial charge is 0.478 e. The summed E-state index contributed by atoms with van der Waals surface area (Å²) >= 11 is 6.02. The number of aromatic amines is 1. The fourth-order valence-electron chi connectivity index (χ4n) is 3.56. The van der Waals surface area contributed by atoms with Crippen LogP contribution in [0.4, 0.5) is 0 Å². The van der Waals surface area contributed by atoms with Crippen molar-refractivity contribution in [2.45, 2.75) is 0 Å². The molecule has 0 spiro atoms. The van der Waals surface area contributed by atoms with E-state index in [0.717, 1.165) is 22.3 Å². The van der Waals surface area contributed by atoms with Gasteiger partial charge in [0, 0.05) is 29.7 Å². The molecule has 7 nitrogen and oxygen atoms in total. The summed E-state index contributed by atoms with van der Waals surface area (Å²) in [6.07, 6.45) is 1.49. The van der Waals surface area contributed by atoms with Crippen LogP contribution in [0.1, 0.15) is 10.4 Å². The summed E-state index contributed by atoms with van der Waals surface area (Å²) in [6, 6.07) is 16.1. The molecule has 0 fully saturated rings. The van der Waals surface area contributed by atoms with Gasteiger partial charge in [-0.2, -0.15) is 5.10 Å². The molecule has 0 saturated carbocycles. The number of ether oxygens (including phenoxy) is 1. The van der Waals surface area contributed by atoms with Crippen LogP contribution in [0.2, 0.25) is 5.02 Å². The number of hydrogen-bond donors (Lipinski definition) is 2. The number of aromatic nitrogens is 4. The van der Waals surface area contributed by atoms with E-state index < -0.39 is 5.97 Å². The molecule has 148 valence electrons. The molecule has 0 aliphatic heterocycles. The molecule has 0 atom stereocenters. The van der Waals surface area contributed by atoms with Gasteiger partial charge in [0.05, 0.1) is 33.5 Å². The molecule has 0 amide bonds. The molecule has 5 aromatic rings. The molecule has 3 heterocycles. The first kappa shape index (κ1) is 18.2. The third-order valence-corrected chi connectivity index (χ3v) is 5.08. The monoisotopic (exact) mass is 418 g/mol. The number of benzene rings is 2. The van der Waals surface area contributed by atoms with Crippen molar-refractivity contribution >= 4 is 39.5 Å². The zero-order chi connectivity index (χ0) is 20.8. The molecule has 0 unspecified atom stereocenters. The number of carbonyl (C=O) groups is 1. The quantitative estimate of drug-likeness (QED) is 0.415. The van der Waals surface area contributed by atoms with Gasteiger partial charge in [-0.1, -0.05) is 17.7 Å². The molecular weight excluding hydrogens is 404 g/mol. The van der Waals surface area contributed by atoms with Crippen LogP contribution < -0.4 is 4.74 Å². The van der Waals surface area contributed by atoms with Crippen molar-refractivity contribution < 1.29 is 14.6 Å². The van der Waals surface area contributed by atoms with Crippen molar-refractivity contribution in [3.63, 3.8) is 0 Å². The lowest BCUT2D eigenvalue weighted by Gasteiger charge is -2.06. The molecule has 0 radical (unpaired) electrons. The Bertz CT molecular complexity index is 1440. The lowest BCUT2D eigenvalue weighted by molar-refractivity contribution is 0.0698. The van der Waals surface area contributed by atoms with Crippen LogP contribution in [0.3, 0.4) is 0 Å². The van der Waals surface area contributed by atoms with Crippen molar-refractivity contribution in [1.82, 2.24) is 19.7 Å². The highest BCUT2D eigenvalue weighted by molar-refractivity contribution is 6.30. The standard InChI is InChI=1S/C22H15ClN4O3/c1-27-21(19-11-18-20(25-19)16(22(28)29)7-8-24-18)15-6-5-14(10-17(15)26-27)30-13-4-2-3-12(23)9-13/h2-11,25H,1H3,(H,28,29). The van der Waals surface area contributed by atoms with Crippen molar-refractivity contribution in [2.24, 2.45) is 7.05 Å². The van der Waals surface area contributed by atoms with Gasteiger partial charge in [0.25, 0.3) is 0 Å². The number of rotatable bonds is 4. The number of halogens is 1. The molecule has 0 aliphatic rings. The summed E-state index contributed by atoms with van der Waals surface area (Å²) in [5.74, 6) is 0.273. The Balaban J connectivity index is 1.59. The predicted molar refractivity (Wildman–Crippen MR) is 114 cm³/mol. The highest BCUT2D eigenvalue weighted by atomic mass is 35.5. The van der Waals surface area contributed by atoms with Crippen molar-refractivity contribution in [2.75, 3.05) is 0 Å². The molecule has 8 heteroatoms. The van der Waals surface area contributed by atoms with Crippen LogP contribution in [0.5, 0.6) is 11.5 Å². The Kier molecular flexibility index (Phi) is 4.18. The first-order valence-electron chi connectivity index (χ1n) is 9.11. The van der Waals surface area contributed by atoms with Gasteiger partial charge in [-0.25, -0.2) is 4.79 Å². The van der Waals surface area contributed by atoms with E-state index in [9.17, 15) is 9.90 Å². The number of nitrogens with one attached hydrogen (secondary N) is 1. The molecule has 5 rings (SSSR count). The minimum atomic E-state index is -1.01. The van der Waals surface area contributed by atoms with Crippen LogP contribution in [0.15, 0.2) is 60.8 Å². The topological polar surface area (TPSA) is 93.0 Å². The molecular formula is C22H15ClN4O3. The van der Waals surface area contributed by atoms with E-state index in [4.69, 9.17) is 16.3 Å². The van der Waals surface area contributed by atoms with Gasteiger partial charge in [0.15, 0.2) is 0 Å². The second kappa shape index (κ2) is 6.89. The Hall–Kier alpha value is -3.84. The van der Waals surface area contributed by atoms with Gasteiger partial charge in [0.2, 0.25) is 0 Å². The van der Waals surface area contributed by atoms with Gasteiger partial charge in [-0.3, -0.25) is 9.67 Å². The van der Waals surface area contributed by atoms with E-state index in [1.165, 1.54) is 12.3 Å². The fraction of sp³-hybridized carbons (Fsp3) is 0.0455. The molecule has 0 saturated heterocycles. The molecule has 0 aliphatic carbocycles. The summed E-state index contributed by atoms with van der Waals surface area (Å²) < 4.78 is 7.64. The molecule has 2 N–H and O–H groups in total. The van der Waals surface area contributed by atoms with E-state index in [-0.39, 0.29) is 5.56 Å². The average Bonchev–Trinajstić information content (AvgIpc) is 3.26. The molecule has 3 aromatic heterocycles. The minimum absolute atomic E-state index is 0.176. The summed E-state index contributed by atoms with van der Waals surface area (Å²) in [5, 5.41) is 15.5. The van der Waals surface area contributed by atoms with E-state index in [2.05, 4.69) is 15.1 Å². The Morgan fingerprint density at radius 1 is 1.10 bits per heavy atom. The number of carboxylic acid groups (broad SMARTS) is 1. The van der Waals surface area contributed by atoms with E-state index >= 15 is 0 Å². The maximum Gasteiger partial charge on any atom is 0.337 e. The smallest absolute Gasteiger partial charge is 0.337 e. The van der Waals surface area contributed by atoms with Crippen molar-refractivity contribution in [1.29, 1.82) is 0 Å². The van der Waals surface area contributed by atoms with E-state index in [1.54, 1.807) is 16.8 Å². The van der Waals surface area contributed by atoms with Gasteiger partial charge in [0.1, 0.15) is 11.5 Å². The second-order valence-electron chi connectivity index (χ2n) is 6.82. The van der Waals surface area contributed by atoms with Crippen molar-refractivity contribution in [3.8, 4) is 22.9 Å². The summed E-state index contributed by atoms with van der Waals surface area (Å²) in [4.78, 5) is 19.0. The highest BCUT2D eigenvalue weighted by Gasteiger charge is 2.17. The number of fused-ring (bicyclic) bond motifs is 2. The predicted octanol–water partition coefficient (Wildman–Crippen LogP) is 5.26. The number of aromatic carboxylic acids is 1. The van der Waals surface area contributed by atoms with Crippen LogP contribution in [-0.2, 0) is 7.05 Å². The van der Waals surface area contributed by atoms with E-state index in [0.29, 0.717) is 27.6 Å².